The number of fused-ring (bicyclic) bond motifs is 5. The molecular formula is C49H38N2. The van der Waals surface area contributed by atoms with Gasteiger partial charge in [0, 0.05) is 38.9 Å². The Balaban J connectivity index is 1.21. The molecule has 7 aromatic carbocycles. The number of benzene rings is 7. The highest BCUT2D eigenvalue weighted by Crippen LogP contribution is 2.51. The minimum absolute atomic E-state index is 0.109. The molecule has 1 aliphatic heterocycles. The van der Waals surface area contributed by atoms with Crippen molar-refractivity contribution in [1.82, 2.24) is 4.57 Å². The zero-order valence-electron chi connectivity index (χ0n) is 29.0. The van der Waals surface area contributed by atoms with Crippen molar-refractivity contribution in [1.29, 1.82) is 0 Å². The summed E-state index contributed by atoms with van der Waals surface area (Å²) in [4.78, 5) is 2.41. The topological polar surface area (TPSA) is 8.17 Å². The van der Waals surface area contributed by atoms with Crippen LogP contribution in [0.2, 0.25) is 0 Å². The molecule has 0 radical (unpaired) electrons. The van der Waals surface area contributed by atoms with Crippen molar-refractivity contribution in [3.05, 3.63) is 181 Å². The SMILES string of the molecule is CC1(C)C2=C(CCC=C2)n2c3ccc(N(c4ccccc4)c4cccc(-c5ccc6ccccc6c5)c4)cc3c3cc(-c4ccccc4)cc1c32. The van der Waals surface area contributed by atoms with Crippen molar-refractivity contribution in [2.45, 2.75) is 32.1 Å². The van der Waals surface area contributed by atoms with Gasteiger partial charge in [0.15, 0.2) is 0 Å². The lowest BCUT2D eigenvalue weighted by Gasteiger charge is -2.37. The van der Waals surface area contributed by atoms with E-state index in [1.807, 2.05) is 0 Å². The Labute approximate surface area is 299 Å². The third-order valence-electron chi connectivity index (χ3n) is 11.2. The second-order valence-corrected chi connectivity index (χ2v) is 14.5. The number of hydrogen-bond donors (Lipinski definition) is 0. The standard InChI is InChI=1S/C49H38N2/c1-49(2)44-22-11-12-23-47(44)51-46-27-26-41(32-42(46)43-30-38(31-45(49)48(43)51)33-14-5-3-6-15-33)50(39-19-7-4-8-20-39)40-21-13-18-36(29-40)37-25-24-34-16-9-10-17-35(34)28-37/h3-11,13-22,24-32H,12,23H2,1-2H3. The van der Waals surface area contributed by atoms with Crippen molar-refractivity contribution >= 4 is 55.3 Å². The van der Waals surface area contributed by atoms with Crippen LogP contribution < -0.4 is 4.90 Å². The zero-order valence-corrected chi connectivity index (χ0v) is 29.0. The summed E-state index contributed by atoms with van der Waals surface area (Å²) < 4.78 is 2.59. The maximum absolute atomic E-state index is 2.59. The second kappa shape index (κ2) is 11.5. The van der Waals surface area contributed by atoms with E-state index in [0.717, 1.165) is 29.9 Å². The third-order valence-corrected chi connectivity index (χ3v) is 11.2. The summed E-state index contributed by atoms with van der Waals surface area (Å²) in [5.41, 5.74) is 15.1. The molecule has 0 saturated heterocycles. The minimum atomic E-state index is -0.109. The number of nitrogens with zero attached hydrogens (tertiary/aromatic N) is 2. The first-order valence-corrected chi connectivity index (χ1v) is 18.1. The van der Waals surface area contributed by atoms with Gasteiger partial charge in [-0.3, -0.25) is 0 Å². The van der Waals surface area contributed by atoms with Crippen LogP contribution in [-0.2, 0) is 5.41 Å². The molecule has 1 aromatic heterocycles. The van der Waals surface area contributed by atoms with Gasteiger partial charge in [0.1, 0.15) is 0 Å². The molecule has 0 bridgehead atoms. The lowest BCUT2D eigenvalue weighted by atomic mass is 9.72. The van der Waals surface area contributed by atoms with Crippen LogP contribution in [0.15, 0.2) is 175 Å². The van der Waals surface area contributed by atoms with Gasteiger partial charge in [-0.05, 0) is 118 Å². The van der Waals surface area contributed by atoms with Crippen molar-refractivity contribution in [2.75, 3.05) is 4.90 Å². The molecule has 0 atom stereocenters. The first kappa shape index (κ1) is 29.8. The van der Waals surface area contributed by atoms with E-state index in [2.05, 4.69) is 193 Å². The molecule has 1 aliphatic carbocycles. The van der Waals surface area contributed by atoms with E-state index in [9.17, 15) is 0 Å². The molecule has 2 heterocycles. The largest absolute Gasteiger partial charge is 0.312 e. The predicted molar refractivity (Wildman–Crippen MR) is 217 cm³/mol. The zero-order chi connectivity index (χ0) is 34.1. The van der Waals surface area contributed by atoms with E-state index in [-0.39, 0.29) is 5.41 Å². The van der Waals surface area contributed by atoms with Crippen LogP contribution in [0.1, 0.15) is 32.3 Å². The molecule has 2 nitrogen and oxygen atoms in total. The summed E-state index contributed by atoms with van der Waals surface area (Å²) in [5, 5.41) is 5.11. The Morgan fingerprint density at radius 1 is 0.529 bits per heavy atom. The van der Waals surface area contributed by atoms with E-state index in [1.54, 1.807) is 0 Å². The van der Waals surface area contributed by atoms with Crippen LogP contribution in [0.5, 0.6) is 0 Å². The number of para-hydroxylation sites is 1. The fourth-order valence-electron chi connectivity index (χ4n) is 8.65. The van der Waals surface area contributed by atoms with Crippen molar-refractivity contribution in [3.63, 3.8) is 0 Å². The summed E-state index contributed by atoms with van der Waals surface area (Å²) in [5.74, 6) is 0. The van der Waals surface area contributed by atoms with Gasteiger partial charge in [-0.25, -0.2) is 0 Å². The first-order chi connectivity index (χ1) is 25.0. The van der Waals surface area contributed by atoms with Gasteiger partial charge in [0.05, 0.1) is 11.0 Å². The summed E-state index contributed by atoms with van der Waals surface area (Å²) in [7, 11) is 0. The Hall–Kier alpha value is -6.12. The van der Waals surface area contributed by atoms with Gasteiger partial charge in [-0.2, -0.15) is 0 Å². The number of rotatable bonds is 5. The van der Waals surface area contributed by atoms with Gasteiger partial charge >= 0.3 is 0 Å². The highest BCUT2D eigenvalue weighted by atomic mass is 15.1. The van der Waals surface area contributed by atoms with Crippen molar-refractivity contribution in [3.8, 4) is 22.3 Å². The van der Waals surface area contributed by atoms with E-state index in [4.69, 9.17) is 0 Å². The molecular weight excluding hydrogens is 617 g/mol. The molecule has 51 heavy (non-hydrogen) atoms. The van der Waals surface area contributed by atoms with Crippen molar-refractivity contribution < 1.29 is 0 Å². The predicted octanol–water partition coefficient (Wildman–Crippen LogP) is 13.6. The maximum Gasteiger partial charge on any atom is 0.0579 e. The highest BCUT2D eigenvalue weighted by Gasteiger charge is 2.37. The summed E-state index contributed by atoms with van der Waals surface area (Å²) >= 11 is 0. The summed E-state index contributed by atoms with van der Waals surface area (Å²) in [6.45, 7) is 4.82. The molecule has 10 rings (SSSR count). The van der Waals surface area contributed by atoms with Gasteiger partial charge in [0.25, 0.3) is 0 Å². The van der Waals surface area contributed by atoms with E-state index in [1.165, 1.54) is 71.7 Å². The molecule has 0 amide bonds. The third kappa shape index (κ3) is 4.71. The smallest absolute Gasteiger partial charge is 0.0579 e. The van der Waals surface area contributed by atoms with Gasteiger partial charge < -0.3 is 9.47 Å². The number of allylic oxidation sites excluding steroid dienone is 4. The molecule has 244 valence electrons. The van der Waals surface area contributed by atoms with E-state index < -0.39 is 0 Å². The normalized spacial score (nSPS) is 14.7. The quantitative estimate of drug-likeness (QED) is 0.179. The Bertz CT molecular complexity index is 2710. The average molecular weight is 655 g/mol. The molecule has 8 aromatic rings. The van der Waals surface area contributed by atoms with Crippen LogP contribution in [0.3, 0.4) is 0 Å². The number of anilines is 3. The highest BCUT2D eigenvalue weighted by molar-refractivity contribution is 6.15. The molecule has 2 heteroatoms. The fourth-order valence-corrected chi connectivity index (χ4v) is 8.65. The summed E-state index contributed by atoms with van der Waals surface area (Å²) in [6, 6.07) is 58.0. The molecule has 0 saturated carbocycles. The van der Waals surface area contributed by atoms with E-state index >= 15 is 0 Å². The van der Waals surface area contributed by atoms with Gasteiger partial charge in [-0.15, -0.1) is 0 Å². The van der Waals surface area contributed by atoms with Crippen LogP contribution >= 0.6 is 0 Å². The lowest BCUT2D eigenvalue weighted by molar-refractivity contribution is 0.624. The summed E-state index contributed by atoms with van der Waals surface area (Å²) in [6.07, 6.45) is 6.87. The fraction of sp³-hybridized carbons (Fsp3) is 0.102. The first-order valence-electron chi connectivity index (χ1n) is 18.1. The maximum atomic E-state index is 2.59. The monoisotopic (exact) mass is 654 g/mol. The van der Waals surface area contributed by atoms with Gasteiger partial charge in [0.2, 0.25) is 0 Å². The van der Waals surface area contributed by atoms with Crippen LogP contribution in [0.25, 0.3) is 60.5 Å². The molecule has 2 aliphatic rings. The van der Waals surface area contributed by atoms with Gasteiger partial charge in [-0.1, -0.05) is 123 Å². The Kier molecular flexibility index (Phi) is 6.69. The van der Waals surface area contributed by atoms with Crippen LogP contribution in [0, 0.1) is 0 Å². The lowest BCUT2D eigenvalue weighted by Crippen LogP contribution is -2.27. The molecule has 0 N–H and O–H groups in total. The number of aromatic nitrogens is 1. The Morgan fingerprint density at radius 3 is 2.08 bits per heavy atom. The average Bonchev–Trinajstić information content (AvgIpc) is 3.51. The van der Waals surface area contributed by atoms with E-state index in [0.29, 0.717) is 0 Å². The van der Waals surface area contributed by atoms with Crippen LogP contribution in [-0.4, -0.2) is 4.57 Å². The number of hydrogen-bond acceptors (Lipinski definition) is 1. The second-order valence-electron chi connectivity index (χ2n) is 14.5. The molecule has 0 unspecified atom stereocenters. The van der Waals surface area contributed by atoms with Crippen molar-refractivity contribution in [2.24, 2.45) is 0 Å². The minimum Gasteiger partial charge on any atom is -0.312 e. The molecule has 0 fully saturated rings. The van der Waals surface area contributed by atoms with Crippen LogP contribution in [0.4, 0.5) is 17.1 Å². The molecule has 0 spiro atoms. The Morgan fingerprint density at radius 2 is 1.24 bits per heavy atom.